The Labute approximate surface area is 200 Å². The number of methoxy groups -OCH3 is 1. The number of aryl methyl sites for hydroxylation is 1. The Morgan fingerprint density at radius 1 is 1.24 bits per heavy atom. The number of hydrogen-bond donors (Lipinski definition) is 2. The molecule has 12 heteroatoms. The predicted octanol–water partition coefficient (Wildman–Crippen LogP) is 1.44. The molecule has 0 saturated carbocycles. The van der Waals surface area contributed by atoms with E-state index < -0.39 is 11.2 Å². The summed E-state index contributed by atoms with van der Waals surface area (Å²) >= 11 is 1.19. The Morgan fingerprint density at radius 3 is 2.59 bits per heavy atom. The van der Waals surface area contributed by atoms with Crippen LogP contribution in [0.4, 0.5) is 11.5 Å². The van der Waals surface area contributed by atoms with Crippen LogP contribution in [-0.2, 0) is 16.1 Å². The monoisotopic (exact) mass is 487 g/mol. The fourth-order valence-electron chi connectivity index (χ4n) is 3.44. The molecule has 2 aromatic heterocycles. The highest BCUT2D eigenvalue weighted by Crippen LogP contribution is 2.24. The quantitative estimate of drug-likeness (QED) is 0.409. The number of carbonyl (C=O) groups is 1. The number of hydrogen-bond acceptors (Lipinski definition) is 8. The third-order valence-electron chi connectivity index (χ3n) is 4.99. The summed E-state index contributed by atoms with van der Waals surface area (Å²) in [7, 11) is 1.50. The van der Waals surface area contributed by atoms with Gasteiger partial charge >= 0.3 is 5.69 Å². The number of H-pyrrole nitrogens is 1. The number of carbonyl (C=O) groups excluding carboxylic acids is 1. The molecule has 182 valence electrons. The van der Waals surface area contributed by atoms with Gasteiger partial charge in [-0.05, 0) is 25.0 Å². The molecule has 34 heavy (non-hydrogen) atoms. The van der Waals surface area contributed by atoms with E-state index in [0.29, 0.717) is 17.5 Å². The van der Waals surface area contributed by atoms with Crippen molar-refractivity contribution in [3.8, 4) is 5.69 Å². The maximum absolute atomic E-state index is 13.3. The fraction of sp³-hybridized carbons (Fsp3) is 0.409. The van der Waals surface area contributed by atoms with E-state index >= 15 is 0 Å². The molecule has 3 rings (SSSR count). The van der Waals surface area contributed by atoms with Crippen molar-refractivity contribution < 1.29 is 9.53 Å². The number of ether oxygens (including phenoxy) is 1. The minimum Gasteiger partial charge on any atom is -0.383 e. The summed E-state index contributed by atoms with van der Waals surface area (Å²) in [6, 6.07) is 9.56. The molecule has 11 nitrogen and oxygen atoms in total. The third kappa shape index (κ3) is 5.57. The molecular formula is C22H29N7O4S. The van der Waals surface area contributed by atoms with Crippen molar-refractivity contribution in [1.29, 1.82) is 0 Å². The smallest absolute Gasteiger partial charge is 0.330 e. The second-order valence-corrected chi connectivity index (χ2v) is 8.97. The molecule has 0 aliphatic carbocycles. The van der Waals surface area contributed by atoms with E-state index in [1.54, 1.807) is 0 Å². The Bertz CT molecular complexity index is 1250. The molecule has 0 unspecified atom stereocenters. The summed E-state index contributed by atoms with van der Waals surface area (Å²) in [5.74, 6) is 0.315. The molecule has 0 aliphatic heterocycles. The van der Waals surface area contributed by atoms with Crippen LogP contribution in [0.15, 0.2) is 45.1 Å². The van der Waals surface area contributed by atoms with Crippen LogP contribution in [-0.4, -0.2) is 56.2 Å². The topological polar surface area (TPSA) is 141 Å². The van der Waals surface area contributed by atoms with Crippen molar-refractivity contribution in [3.63, 3.8) is 0 Å². The molecule has 0 fully saturated rings. The first kappa shape index (κ1) is 25.2. The summed E-state index contributed by atoms with van der Waals surface area (Å²) < 4.78 is 8.26. The molecule has 1 amide bonds. The van der Waals surface area contributed by atoms with Crippen molar-refractivity contribution in [2.45, 2.75) is 32.5 Å². The molecule has 3 aromatic rings. The first-order valence-corrected chi connectivity index (χ1v) is 11.7. The van der Waals surface area contributed by atoms with Gasteiger partial charge in [0.1, 0.15) is 11.6 Å². The van der Waals surface area contributed by atoms with Crippen molar-refractivity contribution in [2.75, 3.05) is 36.6 Å². The van der Waals surface area contributed by atoms with Crippen LogP contribution in [0.3, 0.4) is 0 Å². The predicted molar refractivity (Wildman–Crippen MR) is 132 cm³/mol. The highest BCUT2D eigenvalue weighted by atomic mass is 32.2. The number of thioether (sulfide) groups is 1. The van der Waals surface area contributed by atoms with Crippen LogP contribution in [0.2, 0.25) is 0 Å². The fourth-order valence-corrected chi connectivity index (χ4v) is 4.32. The Balaban J connectivity index is 1.92. The van der Waals surface area contributed by atoms with Crippen LogP contribution in [0, 0.1) is 12.8 Å². The van der Waals surface area contributed by atoms with Crippen molar-refractivity contribution in [2.24, 2.45) is 5.92 Å². The number of rotatable bonds is 10. The Kier molecular flexibility index (Phi) is 8.29. The van der Waals surface area contributed by atoms with E-state index in [4.69, 9.17) is 10.5 Å². The van der Waals surface area contributed by atoms with E-state index in [9.17, 15) is 14.4 Å². The molecule has 1 aromatic carbocycles. The summed E-state index contributed by atoms with van der Waals surface area (Å²) in [5.41, 5.74) is 5.70. The van der Waals surface area contributed by atoms with Gasteiger partial charge in [-0.25, -0.2) is 4.79 Å². The van der Waals surface area contributed by atoms with Gasteiger partial charge in [-0.3, -0.25) is 23.7 Å². The number of aromatic nitrogens is 5. The standard InChI is InChI=1S/C22H29N7O4S/c1-14(2)12-28-19(23)18(20(31)24-21(28)32)27(10-11-33-4)17(30)13-34-22-26-25-15(3)29(22)16-8-6-5-7-9-16/h5-9,14H,10-13,23H2,1-4H3,(H,24,31,32). The highest BCUT2D eigenvalue weighted by Gasteiger charge is 2.25. The highest BCUT2D eigenvalue weighted by molar-refractivity contribution is 7.99. The molecular weight excluding hydrogens is 458 g/mol. The van der Waals surface area contributed by atoms with Crippen LogP contribution in [0.25, 0.3) is 5.69 Å². The molecule has 2 heterocycles. The van der Waals surface area contributed by atoms with Gasteiger partial charge in [-0.2, -0.15) is 0 Å². The van der Waals surface area contributed by atoms with Gasteiger partial charge in [0.25, 0.3) is 5.56 Å². The van der Waals surface area contributed by atoms with Gasteiger partial charge in [0.2, 0.25) is 5.91 Å². The Hall–Kier alpha value is -3.38. The lowest BCUT2D eigenvalue weighted by Crippen LogP contribution is -2.43. The lowest BCUT2D eigenvalue weighted by atomic mass is 10.2. The second kappa shape index (κ2) is 11.2. The van der Waals surface area contributed by atoms with Crippen molar-refractivity contribution in [1.82, 2.24) is 24.3 Å². The van der Waals surface area contributed by atoms with E-state index in [-0.39, 0.29) is 42.2 Å². The lowest BCUT2D eigenvalue weighted by molar-refractivity contribution is -0.116. The number of nitrogens with two attached hydrogens (primary N) is 1. The Morgan fingerprint density at radius 2 is 1.94 bits per heavy atom. The SMILES string of the molecule is COCCN(C(=O)CSc1nnc(C)n1-c1ccccc1)c1c(N)n(CC(C)C)c(=O)[nH]c1=O. The average Bonchev–Trinajstić information content (AvgIpc) is 3.17. The number of nitrogens with zero attached hydrogens (tertiary/aromatic N) is 5. The van der Waals surface area contributed by atoms with Crippen LogP contribution in [0.5, 0.6) is 0 Å². The summed E-state index contributed by atoms with van der Waals surface area (Å²) in [6.07, 6.45) is 0. The zero-order chi connectivity index (χ0) is 24.8. The number of nitrogen functional groups attached to an aromatic ring is 1. The normalized spacial score (nSPS) is 11.2. The number of aromatic amines is 1. The second-order valence-electron chi connectivity index (χ2n) is 8.03. The number of amides is 1. The van der Waals surface area contributed by atoms with Crippen LogP contribution in [0.1, 0.15) is 19.7 Å². The summed E-state index contributed by atoms with van der Waals surface area (Å²) in [4.78, 5) is 41.9. The summed E-state index contributed by atoms with van der Waals surface area (Å²) in [6.45, 7) is 6.24. The van der Waals surface area contributed by atoms with E-state index in [0.717, 1.165) is 5.69 Å². The van der Waals surface area contributed by atoms with Gasteiger partial charge in [0.15, 0.2) is 10.8 Å². The van der Waals surface area contributed by atoms with Crippen molar-refractivity contribution >= 4 is 29.2 Å². The van der Waals surface area contributed by atoms with Crippen LogP contribution < -0.4 is 21.9 Å². The molecule has 0 atom stereocenters. The maximum Gasteiger partial charge on any atom is 0.330 e. The largest absolute Gasteiger partial charge is 0.383 e. The zero-order valence-electron chi connectivity index (χ0n) is 19.6. The van der Waals surface area contributed by atoms with E-state index in [1.807, 2.05) is 55.7 Å². The first-order chi connectivity index (χ1) is 16.2. The number of benzene rings is 1. The number of nitrogens with one attached hydrogen (secondary N) is 1. The van der Waals surface area contributed by atoms with E-state index in [1.165, 1.54) is 28.3 Å². The van der Waals surface area contributed by atoms with Gasteiger partial charge in [-0.15, -0.1) is 10.2 Å². The van der Waals surface area contributed by atoms with Gasteiger partial charge < -0.3 is 15.4 Å². The first-order valence-electron chi connectivity index (χ1n) is 10.8. The average molecular weight is 488 g/mol. The van der Waals surface area contributed by atoms with Gasteiger partial charge in [0, 0.05) is 25.9 Å². The number of para-hydroxylation sites is 1. The zero-order valence-corrected chi connectivity index (χ0v) is 20.5. The maximum atomic E-state index is 13.3. The third-order valence-corrected chi connectivity index (χ3v) is 5.90. The van der Waals surface area contributed by atoms with Gasteiger partial charge in [0.05, 0.1) is 12.4 Å². The summed E-state index contributed by atoms with van der Waals surface area (Å²) in [5, 5.41) is 8.87. The van der Waals surface area contributed by atoms with Gasteiger partial charge in [-0.1, -0.05) is 43.8 Å². The molecule has 0 radical (unpaired) electrons. The minimum absolute atomic E-state index is 0.0309. The molecule has 0 bridgehead atoms. The van der Waals surface area contributed by atoms with Crippen molar-refractivity contribution in [3.05, 3.63) is 57.0 Å². The van der Waals surface area contributed by atoms with Crippen LogP contribution >= 0.6 is 11.8 Å². The molecule has 0 spiro atoms. The minimum atomic E-state index is -0.722. The molecule has 0 saturated heterocycles. The lowest BCUT2D eigenvalue weighted by Gasteiger charge is -2.24. The van der Waals surface area contributed by atoms with E-state index in [2.05, 4.69) is 15.2 Å². The molecule has 0 aliphatic rings. The molecule has 3 N–H and O–H groups in total. The number of anilines is 2.